The number of nitrogens with one attached hydrogen (secondary N) is 1. The summed E-state index contributed by atoms with van der Waals surface area (Å²) in [6.07, 6.45) is 2.26. The van der Waals surface area contributed by atoms with E-state index in [0.29, 0.717) is 5.02 Å². The van der Waals surface area contributed by atoms with Crippen LogP contribution in [0.2, 0.25) is 5.02 Å². The highest BCUT2D eigenvalue weighted by atomic mass is 79.9. The number of hydrogen-bond donors (Lipinski definition) is 1. The Morgan fingerprint density at radius 3 is 2.82 bits per heavy atom. The summed E-state index contributed by atoms with van der Waals surface area (Å²) in [5, 5.41) is 4.24. The van der Waals surface area contributed by atoms with Crippen molar-refractivity contribution in [2.45, 2.75) is 38.8 Å². The maximum atomic E-state index is 6.19. The van der Waals surface area contributed by atoms with Crippen LogP contribution in [0, 0.1) is 0 Å². The molecule has 0 amide bonds. The van der Waals surface area contributed by atoms with Crippen molar-refractivity contribution in [2.24, 2.45) is 0 Å². The third-order valence-corrected chi connectivity index (χ3v) is 4.05. The molecule has 17 heavy (non-hydrogen) atoms. The van der Waals surface area contributed by atoms with Gasteiger partial charge in [-0.05, 0) is 31.5 Å². The van der Waals surface area contributed by atoms with E-state index in [-0.39, 0.29) is 12.1 Å². The average molecular weight is 319 g/mol. The normalized spacial score (nSPS) is 22.4. The van der Waals surface area contributed by atoms with Crippen LogP contribution >= 0.6 is 27.5 Å². The molecule has 1 heterocycles. The van der Waals surface area contributed by atoms with Gasteiger partial charge in [-0.25, -0.2) is 0 Å². The lowest BCUT2D eigenvalue weighted by Crippen LogP contribution is -2.31. The van der Waals surface area contributed by atoms with Crippen LogP contribution in [0.25, 0.3) is 0 Å². The number of halogens is 2. The summed E-state index contributed by atoms with van der Waals surface area (Å²) < 4.78 is 7.02. The molecule has 0 saturated heterocycles. The standard InChI is InChI=1S/C13H17BrClNO/c1-3-7-16-12-10(4-2)17-13-9(15)6-5-8(14)11(12)13/h5-6,10,12,16H,3-4,7H2,1-2H3. The molecular weight excluding hydrogens is 302 g/mol. The Balaban J connectivity index is 2.36. The first-order valence-electron chi connectivity index (χ1n) is 6.07. The molecular formula is C13H17BrClNO. The second-order valence-corrected chi connectivity index (χ2v) is 5.53. The molecule has 0 bridgehead atoms. The number of fused-ring (bicyclic) bond motifs is 1. The molecule has 0 aliphatic carbocycles. The Bertz CT molecular complexity index is 411. The summed E-state index contributed by atoms with van der Waals surface area (Å²) in [5.41, 5.74) is 1.16. The van der Waals surface area contributed by atoms with Crippen molar-refractivity contribution >= 4 is 27.5 Å². The van der Waals surface area contributed by atoms with E-state index >= 15 is 0 Å². The lowest BCUT2D eigenvalue weighted by Gasteiger charge is -2.19. The fourth-order valence-corrected chi connectivity index (χ4v) is 2.98. The van der Waals surface area contributed by atoms with E-state index in [2.05, 4.69) is 35.1 Å². The Labute approximate surface area is 116 Å². The number of hydrogen-bond acceptors (Lipinski definition) is 2. The van der Waals surface area contributed by atoms with Crippen LogP contribution in [0.1, 0.15) is 38.3 Å². The zero-order valence-electron chi connectivity index (χ0n) is 10.1. The summed E-state index contributed by atoms with van der Waals surface area (Å²) in [6, 6.07) is 4.10. The molecule has 0 aromatic heterocycles. The minimum Gasteiger partial charge on any atom is -0.486 e. The van der Waals surface area contributed by atoms with E-state index in [1.807, 2.05) is 12.1 Å². The fraction of sp³-hybridized carbons (Fsp3) is 0.538. The van der Waals surface area contributed by atoms with Gasteiger partial charge in [0, 0.05) is 10.0 Å². The molecule has 2 nitrogen and oxygen atoms in total. The van der Waals surface area contributed by atoms with E-state index in [4.69, 9.17) is 16.3 Å². The molecule has 0 radical (unpaired) electrons. The third kappa shape index (κ3) is 2.47. The van der Waals surface area contributed by atoms with E-state index in [9.17, 15) is 0 Å². The monoisotopic (exact) mass is 317 g/mol. The van der Waals surface area contributed by atoms with Gasteiger partial charge in [0.15, 0.2) is 0 Å². The smallest absolute Gasteiger partial charge is 0.144 e. The highest BCUT2D eigenvalue weighted by Gasteiger charge is 2.35. The van der Waals surface area contributed by atoms with Crippen LogP contribution < -0.4 is 10.1 Å². The van der Waals surface area contributed by atoms with E-state index in [0.717, 1.165) is 35.2 Å². The zero-order valence-corrected chi connectivity index (χ0v) is 12.4. The molecule has 0 fully saturated rings. The van der Waals surface area contributed by atoms with Crippen molar-refractivity contribution in [3.63, 3.8) is 0 Å². The largest absolute Gasteiger partial charge is 0.486 e. The first-order valence-corrected chi connectivity index (χ1v) is 7.24. The Morgan fingerprint density at radius 2 is 2.18 bits per heavy atom. The summed E-state index contributed by atoms with van der Waals surface area (Å²) in [4.78, 5) is 0. The van der Waals surface area contributed by atoms with Crippen molar-refractivity contribution in [2.75, 3.05) is 6.54 Å². The number of rotatable bonds is 4. The molecule has 1 aromatic carbocycles. The topological polar surface area (TPSA) is 21.3 Å². The van der Waals surface area contributed by atoms with Crippen molar-refractivity contribution in [3.8, 4) is 5.75 Å². The first-order chi connectivity index (χ1) is 8.19. The van der Waals surface area contributed by atoms with Crippen LogP contribution in [-0.4, -0.2) is 12.6 Å². The maximum absolute atomic E-state index is 6.19. The molecule has 0 spiro atoms. The Morgan fingerprint density at radius 1 is 1.41 bits per heavy atom. The highest BCUT2D eigenvalue weighted by Crippen LogP contribution is 2.46. The first kappa shape index (κ1) is 13.2. The van der Waals surface area contributed by atoms with Crippen molar-refractivity contribution in [3.05, 3.63) is 27.2 Å². The molecule has 2 rings (SSSR count). The van der Waals surface area contributed by atoms with Crippen LogP contribution in [0.4, 0.5) is 0 Å². The molecule has 1 aromatic rings. The molecule has 0 saturated carbocycles. The number of ether oxygens (including phenoxy) is 1. The summed E-state index contributed by atoms with van der Waals surface area (Å²) in [6.45, 7) is 5.29. The summed E-state index contributed by atoms with van der Waals surface area (Å²) in [5.74, 6) is 0.835. The maximum Gasteiger partial charge on any atom is 0.144 e. The van der Waals surface area contributed by atoms with Gasteiger partial charge in [0.2, 0.25) is 0 Å². The second-order valence-electron chi connectivity index (χ2n) is 4.27. The summed E-state index contributed by atoms with van der Waals surface area (Å²) >= 11 is 9.78. The zero-order chi connectivity index (χ0) is 12.4. The van der Waals surface area contributed by atoms with Crippen molar-refractivity contribution < 1.29 is 4.74 Å². The van der Waals surface area contributed by atoms with Gasteiger partial charge < -0.3 is 10.1 Å². The van der Waals surface area contributed by atoms with Gasteiger partial charge in [-0.2, -0.15) is 0 Å². The third-order valence-electron chi connectivity index (χ3n) is 3.06. The minimum absolute atomic E-state index is 0.174. The molecule has 94 valence electrons. The summed E-state index contributed by atoms with van der Waals surface area (Å²) in [7, 11) is 0. The molecule has 2 unspecified atom stereocenters. The van der Waals surface area contributed by atoms with Gasteiger partial charge in [0.1, 0.15) is 11.9 Å². The van der Waals surface area contributed by atoms with Crippen LogP contribution in [-0.2, 0) is 0 Å². The van der Waals surface area contributed by atoms with Gasteiger partial charge in [0.05, 0.1) is 11.1 Å². The van der Waals surface area contributed by atoms with Gasteiger partial charge in [-0.3, -0.25) is 0 Å². The lowest BCUT2D eigenvalue weighted by atomic mass is 10.0. The van der Waals surface area contributed by atoms with Gasteiger partial charge in [-0.1, -0.05) is 41.4 Å². The molecule has 1 aliphatic rings. The van der Waals surface area contributed by atoms with E-state index in [1.165, 1.54) is 0 Å². The van der Waals surface area contributed by atoms with Crippen LogP contribution in [0.15, 0.2) is 16.6 Å². The predicted molar refractivity (Wildman–Crippen MR) is 74.9 cm³/mol. The number of benzene rings is 1. The Kier molecular flexibility index (Phi) is 4.34. The van der Waals surface area contributed by atoms with E-state index in [1.54, 1.807) is 0 Å². The lowest BCUT2D eigenvalue weighted by molar-refractivity contribution is 0.185. The Hall–Kier alpha value is -0.250. The second kappa shape index (κ2) is 5.59. The quantitative estimate of drug-likeness (QED) is 0.893. The minimum atomic E-state index is 0.174. The molecule has 2 atom stereocenters. The molecule has 1 N–H and O–H groups in total. The fourth-order valence-electron chi connectivity index (χ4n) is 2.22. The molecule has 1 aliphatic heterocycles. The van der Waals surface area contributed by atoms with E-state index < -0.39 is 0 Å². The van der Waals surface area contributed by atoms with Crippen molar-refractivity contribution in [1.29, 1.82) is 0 Å². The SMILES string of the molecule is CCCNC1c2c(Br)ccc(Cl)c2OC1CC. The van der Waals surface area contributed by atoms with Gasteiger partial charge in [-0.15, -0.1) is 0 Å². The van der Waals surface area contributed by atoms with Crippen LogP contribution in [0.5, 0.6) is 5.75 Å². The van der Waals surface area contributed by atoms with Gasteiger partial charge in [0.25, 0.3) is 0 Å². The van der Waals surface area contributed by atoms with Crippen LogP contribution in [0.3, 0.4) is 0 Å². The molecule has 4 heteroatoms. The highest BCUT2D eigenvalue weighted by molar-refractivity contribution is 9.10. The average Bonchev–Trinajstić information content (AvgIpc) is 2.71. The van der Waals surface area contributed by atoms with Crippen molar-refractivity contribution in [1.82, 2.24) is 5.32 Å². The predicted octanol–water partition coefficient (Wildman–Crippen LogP) is 4.31. The van der Waals surface area contributed by atoms with Gasteiger partial charge >= 0.3 is 0 Å².